The number of hydrogen-bond acceptors (Lipinski definition) is 9. The van der Waals surface area contributed by atoms with Crippen molar-refractivity contribution in [2.24, 2.45) is 17.8 Å². The number of halogens is 2. The summed E-state index contributed by atoms with van der Waals surface area (Å²) >= 11 is 14.5. The average molecular weight is 671 g/mol. The minimum atomic E-state index is -1.97. The van der Waals surface area contributed by atoms with E-state index in [2.05, 4.69) is 4.90 Å². The molecule has 0 bridgehead atoms. The highest BCUT2D eigenvalue weighted by Crippen LogP contribution is 2.66. The van der Waals surface area contributed by atoms with Gasteiger partial charge in [0.25, 0.3) is 11.8 Å². The van der Waals surface area contributed by atoms with Crippen molar-refractivity contribution in [1.82, 2.24) is 4.90 Å². The topological polar surface area (TPSA) is 126 Å². The standard InChI is InChI=1S/C33H33Cl2N3O8/c1-36-30(42)32(34)16-22-20(26(33(32,35)31(36)43)17-14-23(44-2)27(39)24(15-17)45-3)8-9-21-25(22)29(41)38(28(21)40)19-6-4-18(5-7-19)37-10-12-46-13-11-37/h4-8,14-15,21-22,25-26,39H,9-13,16H2,1-3H3. The fraction of sp³-hybridized carbons (Fsp3) is 0.455. The third kappa shape index (κ3) is 4.07. The summed E-state index contributed by atoms with van der Waals surface area (Å²) in [6, 6.07) is 10.4. The van der Waals surface area contributed by atoms with Crippen molar-refractivity contribution in [3.05, 3.63) is 53.6 Å². The Morgan fingerprint density at radius 1 is 0.891 bits per heavy atom. The molecule has 46 heavy (non-hydrogen) atoms. The fourth-order valence-corrected chi connectivity index (χ4v) is 9.11. The number of benzene rings is 2. The summed E-state index contributed by atoms with van der Waals surface area (Å²) in [6.45, 7) is 2.76. The molecule has 3 aliphatic heterocycles. The van der Waals surface area contributed by atoms with Crippen LogP contribution in [0.3, 0.4) is 0 Å². The Labute approximate surface area is 275 Å². The first-order chi connectivity index (χ1) is 22.0. The molecule has 2 aromatic rings. The largest absolute Gasteiger partial charge is 0.502 e. The quantitative estimate of drug-likeness (QED) is 0.289. The number of amides is 4. The number of alkyl halides is 2. The van der Waals surface area contributed by atoms with Gasteiger partial charge in [0.15, 0.2) is 21.2 Å². The van der Waals surface area contributed by atoms with Crippen LogP contribution in [0.2, 0.25) is 0 Å². The zero-order chi connectivity index (χ0) is 32.7. The summed E-state index contributed by atoms with van der Waals surface area (Å²) in [5, 5.41) is 10.6. The van der Waals surface area contributed by atoms with E-state index < -0.39 is 51.1 Å². The number of allylic oxidation sites excluding steroid dienone is 2. The van der Waals surface area contributed by atoms with Crippen LogP contribution in [0.5, 0.6) is 17.2 Å². The number of carbonyl (C=O) groups is 4. The van der Waals surface area contributed by atoms with Gasteiger partial charge in [0.05, 0.1) is 45.0 Å². The summed E-state index contributed by atoms with van der Waals surface area (Å²) < 4.78 is 16.2. The second-order valence-electron chi connectivity index (χ2n) is 12.4. The number of likely N-dealkylation sites (tertiary alicyclic amines) is 1. The first-order valence-corrected chi connectivity index (χ1v) is 15.9. The molecule has 1 N–H and O–H groups in total. The molecule has 3 heterocycles. The van der Waals surface area contributed by atoms with Gasteiger partial charge in [-0.2, -0.15) is 0 Å². The molecule has 6 unspecified atom stereocenters. The first-order valence-electron chi connectivity index (χ1n) is 15.1. The highest BCUT2D eigenvalue weighted by molar-refractivity contribution is 6.53. The van der Waals surface area contributed by atoms with Gasteiger partial charge in [0, 0.05) is 31.7 Å². The Kier molecular flexibility index (Phi) is 7.30. The highest BCUT2D eigenvalue weighted by Gasteiger charge is 2.76. The van der Waals surface area contributed by atoms with E-state index >= 15 is 0 Å². The maximum atomic E-state index is 14.3. The van der Waals surface area contributed by atoms with E-state index in [0.29, 0.717) is 30.0 Å². The summed E-state index contributed by atoms with van der Waals surface area (Å²) in [5.41, 5.74) is 2.47. The number of morpholine rings is 1. The van der Waals surface area contributed by atoms with Crippen LogP contribution >= 0.6 is 23.2 Å². The van der Waals surface area contributed by atoms with E-state index in [-0.39, 0.29) is 36.0 Å². The van der Waals surface area contributed by atoms with Gasteiger partial charge in [0.2, 0.25) is 17.6 Å². The molecule has 5 aliphatic rings. The van der Waals surface area contributed by atoms with Crippen LogP contribution < -0.4 is 19.3 Å². The molecular formula is C33H33Cl2N3O8. The minimum absolute atomic E-state index is 0.0650. The molecule has 0 radical (unpaired) electrons. The molecule has 4 fully saturated rings. The number of imide groups is 2. The van der Waals surface area contributed by atoms with Crippen LogP contribution in [-0.4, -0.2) is 91.0 Å². The molecule has 242 valence electrons. The van der Waals surface area contributed by atoms with Crippen molar-refractivity contribution in [3.63, 3.8) is 0 Å². The Morgan fingerprint density at radius 2 is 1.50 bits per heavy atom. The maximum Gasteiger partial charge on any atom is 0.253 e. The van der Waals surface area contributed by atoms with Gasteiger partial charge in [0.1, 0.15) is 0 Å². The van der Waals surface area contributed by atoms with E-state index in [9.17, 15) is 24.3 Å². The van der Waals surface area contributed by atoms with Gasteiger partial charge in [-0.25, -0.2) is 0 Å². The lowest BCUT2D eigenvalue weighted by Gasteiger charge is -2.50. The van der Waals surface area contributed by atoms with E-state index in [1.54, 1.807) is 12.1 Å². The van der Waals surface area contributed by atoms with Crippen LogP contribution in [0, 0.1) is 17.8 Å². The fourth-order valence-electron chi connectivity index (χ4n) is 8.09. The Balaban J connectivity index is 1.31. The number of anilines is 2. The van der Waals surface area contributed by atoms with E-state index in [1.165, 1.54) is 38.3 Å². The molecule has 3 saturated heterocycles. The predicted octanol–water partition coefficient (Wildman–Crippen LogP) is 3.44. The van der Waals surface area contributed by atoms with E-state index in [4.69, 9.17) is 37.4 Å². The lowest BCUT2D eigenvalue weighted by Crippen LogP contribution is -2.60. The number of hydrogen-bond donors (Lipinski definition) is 1. The van der Waals surface area contributed by atoms with Gasteiger partial charge in [-0.1, -0.05) is 11.6 Å². The second kappa shape index (κ2) is 10.9. The smallest absolute Gasteiger partial charge is 0.253 e. The molecule has 1 saturated carbocycles. The van der Waals surface area contributed by atoms with Crippen molar-refractivity contribution >= 4 is 58.2 Å². The average Bonchev–Trinajstić information content (AvgIpc) is 3.40. The Morgan fingerprint density at radius 3 is 2.11 bits per heavy atom. The minimum Gasteiger partial charge on any atom is -0.502 e. The van der Waals surface area contributed by atoms with Gasteiger partial charge >= 0.3 is 0 Å². The lowest BCUT2D eigenvalue weighted by molar-refractivity contribution is -0.138. The molecule has 6 atom stereocenters. The van der Waals surface area contributed by atoms with E-state index in [1.807, 2.05) is 18.2 Å². The summed E-state index contributed by atoms with van der Waals surface area (Å²) in [6.07, 6.45) is 1.97. The molecular weight excluding hydrogens is 637 g/mol. The SMILES string of the molecule is COc1cc(C2C3=CCC4C(=O)N(c5ccc(N6CCOCC6)cc5)C(=O)C4C3CC3(Cl)C(=O)N(C)C(=O)C23Cl)cc(OC)c1O. The van der Waals surface area contributed by atoms with Crippen molar-refractivity contribution in [2.75, 3.05) is 57.4 Å². The Hall–Kier alpha value is -3.80. The molecule has 2 aliphatic carbocycles. The molecule has 11 nitrogen and oxygen atoms in total. The Bertz CT molecular complexity index is 1670. The molecule has 7 rings (SSSR count). The normalized spacial score (nSPS) is 32.3. The monoisotopic (exact) mass is 669 g/mol. The predicted molar refractivity (Wildman–Crippen MR) is 169 cm³/mol. The number of carbonyl (C=O) groups excluding carboxylic acids is 4. The van der Waals surface area contributed by atoms with Crippen LogP contribution in [0.4, 0.5) is 11.4 Å². The number of rotatable bonds is 5. The van der Waals surface area contributed by atoms with Crippen LogP contribution in [0.1, 0.15) is 24.3 Å². The number of fused-ring (bicyclic) bond motifs is 4. The third-order valence-electron chi connectivity index (χ3n) is 10.3. The summed E-state index contributed by atoms with van der Waals surface area (Å²) in [4.78, 5) is 56.2. The maximum absolute atomic E-state index is 14.3. The molecule has 13 heteroatoms. The number of phenols is 1. The second-order valence-corrected chi connectivity index (χ2v) is 13.6. The molecule has 0 aromatic heterocycles. The number of ether oxygens (including phenoxy) is 3. The molecule has 2 aromatic carbocycles. The van der Waals surface area contributed by atoms with Gasteiger partial charge in [-0.05, 0) is 60.7 Å². The third-order valence-corrected chi connectivity index (χ3v) is 11.7. The van der Waals surface area contributed by atoms with Gasteiger partial charge < -0.3 is 24.2 Å². The van der Waals surface area contributed by atoms with E-state index in [0.717, 1.165) is 23.7 Å². The number of aromatic hydroxyl groups is 1. The zero-order valence-electron chi connectivity index (χ0n) is 25.5. The van der Waals surface area contributed by atoms with Crippen LogP contribution in [-0.2, 0) is 23.9 Å². The molecule has 4 amide bonds. The van der Waals surface area contributed by atoms with Crippen LogP contribution in [0.25, 0.3) is 0 Å². The first kappa shape index (κ1) is 30.8. The lowest BCUT2D eigenvalue weighted by atomic mass is 9.56. The van der Waals surface area contributed by atoms with Gasteiger partial charge in [-0.3, -0.25) is 29.0 Å². The molecule has 0 spiro atoms. The summed E-state index contributed by atoms with van der Waals surface area (Å²) in [7, 11) is 4.08. The van der Waals surface area contributed by atoms with Crippen molar-refractivity contribution in [3.8, 4) is 17.2 Å². The number of phenolic OH excluding ortho intramolecular Hbond substituents is 1. The summed E-state index contributed by atoms with van der Waals surface area (Å²) in [5.74, 6) is -5.41. The van der Waals surface area contributed by atoms with Crippen molar-refractivity contribution in [1.29, 1.82) is 0 Å². The number of nitrogens with zero attached hydrogens (tertiary/aromatic N) is 3. The van der Waals surface area contributed by atoms with Gasteiger partial charge in [-0.15, -0.1) is 23.2 Å². The van der Waals surface area contributed by atoms with Crippen molar-refractivity contribution in [2.45, 2.75) is 28.5 Å². The van der Waals surface area contributed by atoms with Crippen molar-refractivity contribution < 1.29 is 38.5 Å². The zero-order valence-corrected chi connectivity index (χ0v) is 27.0. The van der Waals surface area contributed by atoms with Crippen LogP contribution in [0.15, 0.2) is 48.0 Å². The highest BCUT2D eigenvalue weighted by atomic mass is 35.5. The number of methoxy groups -OCH3 is 2.